The predicted molar refractivity (Wildman–Crippen MR) is 128 cm³/mol. The SMILES string of the molecule is COC1(N)C(=O)N2C(C(=O)OC(c3ccccc3)c3ccccc3)=C(CSc3nnnn3C)COC21. The van der Waals surface area contributed by atoms with Crippen molar-refractivity contribution in [1.82, 2.24) is 25.1 Å². The van der Waals surface area contributed by atoms with Crippen LogP contribution < -0.4 is 5.73 Å². The average Bonchev–Trinajstić information content (AvgIpc) is 3.34. The van der Waals surface area contributed by atoms with Crippen LogP contribution in [0.4, 0.5) is 0 Å². The number of rotatable bonds is 8. The minimum absolute atomic E-state index is 0.0564. The maximum absolute atomic E-state index is 13.8. The normalized spacial score (nSPS) is 21.4. The Balaban J connectivity index is 1.50. The van der Waals surface area contributed by atoms with Crippen LogP contribution in [0.3, 0.4) is 0 Å². The molecule has 5 rings (SSSR count). The molecule has 0 saturated carbocycles. The summed E-state index contributed by atoms with van der Waals surface area (Å²) in [5.74, 6) is -0.958. The number of hydrogen-bond acceptors (Lipinski definition) is 10. The maximum atomic E-state index is 13.8. The molecule has 0 radical (unpaired) electrons. The highest BCUT2D eigenvalue weighted by atomic mass is 32.2. The van der Waals surface area contributed by atoms with Crippen LogP contribution in [-0.2, 0) is 30.8 Å². The minimum atomic E-state index is -1.67. The molecular formula is C24H24N6O5S. The Bertz CT molecular complexity index is 1260. The van der Waals surface area contributed by atoms with E-state index in [1.54, 1.807) is 7.05 Å². The van der Waals surface area contributed by atoms with Crippen molar-refractivity contribution in [2.75, 3.05) is 19.5 Å². The number of ether oxygens (including phenoxy) is 3. The molecule has 12 heteroatoms. The molecule has 2 aliphatic rings. The van der Waals surface area contributed by atoms with Gasteiger partial charge in [0, 0.05) is 19.9 Å². The molecule has 2 unspecified atom stereocenters. The summed E-state index contributed by atoms with van der Waals surface area (Å²) >= 11 is 1.31. The zero-order valence-electron chi connectivity index (χ0n) is 19.6. The maximum Gasteiger partial charge on any atom is 0.356 e. The lowest BCUT2D eigenvalue weighted by atomic mass is 9.95. The number of benzene rings is 2. The predicted octanol–water partition coefficient (Wildman–Crippen LogP) is 1.39. The van der Waals surface area contributed by atoms with E-state index in [0.717, 1.165) is 11.1 Å². The van der Waals surface area contributed by atoms with E-state index in [9.17, 15) is 9.59 Å². The van der Waals surface area contributed by atoms with Crippen LogP contribution in [0.2, 0.25) is 0 Å². The number of amides is 1. The largest absolute Gasteiger partial charge is 0.448 e. The van der Waals surface area contributed by atoms with Crippen LogP contribution in [0.15, 0.2) is 77.1 Å². The first kappa shape index (κ1) is 24.1. The van der Waals surface area contributed by atoms with E-state index in [4.69, 9.17) is 19.9 Å². The zero-order valence-corrected chi connectivity index (χ0v) is 20.4. The van der Waals surface area contributed by atoms with Crippen molar-refractivity contribution in [2.24, 2.45) is 12.8 Å². The number of nitrogens with two attached hydrogens (primary N) is 1. The molecular weight excluding hydrogens is 484 g/mol. The van der Waals surface area contributed by atoms with Crippen LogP contribution in [0.1, 0.15) is 17.2 Å². The number of aryl methyl sites for hydroxylation is 1. The molecule has 1 saturated heterocycles. The van der Waals surface area contributed by atoms with Crippen LogP contribution in [-0.4, -0.2) is 68.4 Å². The molecule has 3 aromatic rings. The Morgan fingerprint density at radius 3 is 2.39 bits per heavy atom. The van der Waals surface area contributed by atoms with Gasteiger partial charge in [-0.1, -0.05) is 72.4 Å². The lowest BCUT2D eigenvalue weighted by Crippen LogP contribution is -2.80. The molecule has 3 heterocycles. The first-order chi connectivity index (χ1) is 17.4. The molecule has 186 valence electrons. The van der Waals surface area contributed by atoms with Gasteiger partial charge in [-0.25, -0.2) is 9.48 Å². The molecule has 0 spiro atoms. The fourth-order valence-electron chi connectivity index (χ4n) is 4.14. The van der Waals surface area contributed by atoms with Crippen LogP contribution >= 0.6 is 11.8 Å². The van der Waals surface area contributed by atoms with Crippen molar-refractivity contribution in [1.29, 1.82) is 0 Å². The number of nitrogens with zero attached hydrogens (tertiary/aromatic N) is 5. The van der Waals surface area contributed by atoms with Gasteiger partial charge < -0.3 is 14.2 Å². The highest BCUT2D eigenvalue weighted by molar-refractivity contribution is 7.99. The van der Waals surface area contributed by atoms with Gasteiger partial charge in [0.05, 0.1) is 6.61 Å². The molecule has 1 aromatic heterocycles. The second kappa shape index (κ2) is 9.82. The van der Waals surface area contributed by atoms with Crippen molar-refractivity contribution in [3.8, 4) is 0 Å². The molecule has 1 fully saturated rings. The topological polar surface area (TPSA) is 135 Å². The average molecular weight is 509 g/mol. The number of fused-ring (bicyclic) bond motifs is 1. The van der Waals surface area contributed by atoms with Crippen LogP contribution in [0.5, 0.6) is 0 Å². The number of aromatic nitrogens is 4. The second-order valence-electron chi connectivity index (χ2n) is 8.27. The smallest absolute Gasteiger partial charge is 0.356 e. The molecule has 0 aliphatic carbocycles. The Morgan fingerprint density at radius 2 is 1.83 bits per heavy atom. The molecule has 2 atom stereocenters. The molecule has 2 N–H and O–H groups in total. The fourth-order valence-corrected chi connectivity index (χ4v) is 4.99. The van der Waals surface area contributed by atoms with E-state index < -0.39 is 29.9 Å². The molecule has 2 aromatic carbocycles. The van der Waals surface area contributed by atoms with Crippen LogP contribution in [0.25, 0.3) is 0 Å². The summed E-state index contributed by atoms with van der Waals surface area (Å²) in [6.07, 6.45) is -1.64. The molecule has 2 aliphatic heterocycles. The summed E-state index contributed by atoms with van der Waals surface area (Å²) in [7, 11) is 3.04. The third-order valence-electron chi connectivity index (χ3n) is 6.06. The Hall–Kier alpha value is -3.58. The van der Waals surface area contributed by atoms with Crippen molar-refractivity contribution in [3.63, 3.8) is 0 Å². The van der Waals surface area contributed by atoms with Crippen molar-refractivity contribution in [2.45, 2.75) is 23.2 Å². The van der Waals surface area contributed by atoms with E-state index >= 15 is 0 Å². The molecule has 1 amide bonds. The summed E-state index contributed by atoms with van der Waals surface area (Å²) in [5.41, 5.74) is 6.67. The van der Waals surface area contributed by atoms with E-state index in [1.165, 1.54) is 28.5 Å². The quantitative estimate of drug-likeness (QED) is 0.206. The van der Waals surface area contributed by atoms with Crippen molar-refractivity contribution < 1.29 is 23.8 Å². The van der Waals surface area contributed by atoms with E-state index in [2.05, 4.69) is 15.5 Å². The number of tetrazole rings is 1. The fraction of sp³-hybridized carbons (Fsp3) is 0.292. The minimum Gasteiger partial charge on any atom is -0.448 e. The van der Waals surface area contributed by atoms with Crippen LogP contribution in [0, 0.1) is 0 Å². The summed E-state index contributed by atoms with van der Waals surface area (Å²) < 4.78 is 18.7. The molecule has 36 heavy (non-hydrogen) atoms. The first-order valence-electron chi connectivity index (χ1n) is 11.1. The molecule has 11 nitrogen and oxygen atoms in total. The van der Waals surface area contributed by atoms with Gasteiger partial charge in [-0.05, 0) is 27.1 Å². The number of β-lactam (4-membered cyclic amide) rings is 1. The van der Waals surface area contributed by atoms with E-state index in [0.29, 0.717) is 16.5 Å². The van der Waals surface area contributed by atoms with Gasteiger partial charge in [-0.2, -0.15) is 0 Å². The Labute approximate surface area is 211 Å². The third kappa shape index (κ3) is 4.17. The number of methoxy groups -OCH3 is 1. The molecule has 0 bridgehead atoms. The van der Waals surface area contributed by atoms with E-state index in [1.807, 2.05) is 60.7 Å². The van der Waals surface area contributed by atoms with Gasteiger partial charge in [0.15, 0.2) is 12.3 Å². The number of esters is 1. The van der Waals surface area contributed by atoms with Gasteiger partial charge in [-0.3, -0.25) is 15.4 Å². The van der Waals surface area contributed by atoms with E-state index in [-0.39, 0.29) is 12.3 Å². The number of carbonyl (C=O) groups is 2. The summed E-state index contributed by atoms with van der Waals surface area (Å²) in [6.45, 7) is 0.0564. The Morgan fingerprint density at radius 1 is 1.19 bits per heavy atom. The van der Waals surface area contributed by atoms with Gasteiger partial charge in [0.1, 0.15) is 5.70 Å². The second-order valence-corrected chi connectivity index (χ2v) is 9.21. The summed E-state index contributed by atoms with van der Waals surface area (Å²) in [4.78, 5) is 28.0. The van der Waals surface area contributed by atoms with Crippen molar-refractivity contribution >= 4 is 23.6 Å². The van der Waals surface area contributed by atoms with Gasteiger partial charge in [0.2, 0.25) is 10.9 Å². The van der Waals surface area contributed by atoms with Gasteiger partial charge in [-0.15, -0.1) is 5.10 Å². The lowest BCUT2D eigenvalue weighted by molar-refractivity contribution is -0.248. The highest BCUT2D eigenvalue weighted by Crippen LogP contribution is 2.41. The number of carbonyl (C=O) groups excluding carboxylic acids is 2. The van der Waals surface area contributed by atoms with Gasteiger partial charge >= 0.3 is 5.97 Å². The summed E-state index contributed by atoms with van der Waals surface area (Å²) in [5, 5.41) is 12.0. The number of hydrogen-bond donors (Lipinski definition) is 1. The first-order valence-corrected chi connectivity index (χ1v) is 12.1. The summed E-state index contributed by atoms with van der Waals surface area (Å²) in [6, 6.07) is 18.8. The lowest BCUT2D eigenvalue weighted by Gasteiger charge is -2.54. The zero-order chi connectivity index (χ0) is 25.3. The third-order valence-corrected chi connectivity index (χ3v) is 7.16. The van der Waals surface area contributed by atoms with Gasteiger partial charge in [0.25, 0.3) is 5.91 Å². The Kier molecular flexibility index (Phi) is 6.58. The monoisotopic (exact) mass is 508 g/mol. The van der Waals surface area contributed by atoms with Crippen molar-refractivity contribution in [3.05, 3.63) is 83.1 Å². The number of thioether (sulfide) groups is 1. The highest BCUT2D eigenvalue weighted by Gasteiger charge is 2.64. The standard InChI is InChI=1S/C24H24N6O5S/c1-29-23(26-27-28-29)36-14-17-13-34-22-24(25,33-2)21(32)30(22)18(17)20(31)35-19(15-9-5-3-6-10-15)16-11-7-4-8-12-16/h3-12,19,22H,13-14,25H2,1-2H3.